The van der Waals surface area contributed by atoms with Gasteiger partial charge in [-0.15, -0.1) is 0 Å². The number of carbonyl (C=O) groups is 1. The van der Waals surface area contributed by atoms with Crippen molar-refractivity contribution < 1.29 is 13.9 Å². The number of fused-ring (bicyclic) bond motifs is 1. The van der Waals surface area contributed by atoms with Crippen molar-refractivity contribution in [2.24, 2.45) is 0 Å². The van der Waals surface area contributed by atoms with E-state index < -0.39 is 0 Å². The number of nitrogens with one attached hydrogen (secondary N) is 1. The van der Waals surface area contributed by atoms with Crippen LogP contribution in [0.2, 0.25) is 0 Å². The first kappa shape index (κ1) is 10.5. The minimum Gasteiger partial charge on any atom is -0.489 e. The molecular formula is C11H12N2O3. The molecular weight excluding hydrogens is 208 g/mol. The quantitative estimate of drug-likeness (QED) is 0.790. The average molecular weight is 220 g/mol. The Morgan fingerprint density at radius 3 is 3.25 bits per heavy atom. The molecule has 0 aliphatic rings. The predicted molar refractivity (Wildman–Crippen MR) is 58.2 cm³/mol. The third-order valence-electron chi connectivity index (χ3n) is 2.06. The Bertz CT molecular complexity index is 493. The van der Waals surface area contributed by atoms with Crippen molar-refractivity contribution in [2.75, 3.05) is 13.2 Å². The van der Waals surface area contributed by atoms with E-state index in [9.17, 15) is 4.79 Å². The molecule has 0 unspecified atom stereocenters. The van der Waals surface area contributed by atoms with Crippen LogP contribution < -0.4 is 10.1 Å². The SMILES string of the molecule is CC(=O)NCCOc1cccc2ocnc12. The normalized spacial score (nSPS) is 10.3. The first-order valence-corrected chi connectivity index (χ1v) is 4.97. The van der Waals surface area contributed by atoms with E-state index in [0.29, 0.717) is 30.0 Å². The van der Waals surface area contributed by atoms with Crippen molar-refractivity contribution in [3.63, 3.8) is 0 Å². The second-order valence-corrected chi connectivity index (χ2v) is 3.29. The lowest BCUT2D eigenvalue weighted by atomic mass is 10.3. The smallest absolute Gasteiger partial charge is 0.216 e. The molecule has 0 saturated carbocycles. The summed E-state index contributed by atoms with van der Waals surface area (Å²) in [6, 6.07) is 5.48. The minimum absolute atomic E-state index is 0.0664. The Morgan fingerprint density at radius 2 is 2.44 bits per heavy atom. The third-order valence-corrected chi connectivity index (χ3v) is 2.06. The van der Waals surface area contributed by atoms with Gasteiger partial charge in [-0.3, -0.25) is 4.79 Å². The largest absolute Gasteiger partial charge is 0.489 e. The molecule has 1 aromatic carbocycles. The number of aromatic nitrogens is 1. The maximum atomic E-state index is 10.6. The van der Waals surface area contributed by atoms with Crippen molar-refractivity contribution in [1.82, 2.24) is 10.3 Å². The Kier molecular flexibility index (Phi) is 3.05. The maximum Gasteiger partial charge on any atom is 0.216 e. The van der Waals surface area contributed by atoms with Gasteiger partial charge in [0.05, 0.1) is 6.54 Å². The predicted octanol–water partition coefficient (Wildman–Crippen LogP) is 1.34. The van der Waals surface area contributed by atoms with Crippen LogP contribution >= 0.6 is 0 Å². The zero-order valence-corrected chi connectivity index (χ0v) is 8.90. The molecule has 1 amide bonds. The van der Waals surface area contributed by atoms with Crippen LogP contribution in [0.25, 0.3) is 11.1 Å². The highest BCUT2D eigenvalue weighted by Crippen LogP contribution is 2.23. The van der Waals surface area contributed by atoms with E-state index in [1.807, 2.05) is 18.2 Å². The number of ether oxygens (including phenoxy) is 1. The molecule has 1 heterocycles. The van der Waals surface area contributed by atoms with Crippen LogP contribution in [0, 0.1) is 0 Å². The first-order valence-electron chi connectivity index (χ1n) is 4.97. The number of oxazole rings is 1. The van der Waals surface area contributed by atoms with Crippen molar-refractivity contribution in [2.45, 2.75) is 6.92 Å². The van der Waals surface area contributed by atoms with E-state index in [4.69, 9.17) is 9.15 Å². The summed E-state index contributed by atoms with van der Waals surface area (Å²) in [6.07, 6.45) is 1.38. The van der Waals surface area contributed by atoms with Gasteiger partial charge in [-0.25, -0.2) is 4.98 Å². The Balaban J connectivity index is 1.98. The first-order chi connectivity index (χ1) is 7.77. The van der Waals surface area contributed by atoms with E-state index in [-0.39, 0.29) is 5.91 Å². The maximum absolute atomic E-state index is 10.6. The molecule has 1 N–H and O–H groups in total. The summed E-state index contributed by atoms with van der Waals surface area (Å²) in [5.74, 6) is 0.597. The molecule has 0 radical (unpaired) electrons. The number of para-hydroxylation sites is 1. The molecule has 84 valence electrons. The van der Waals surface area contributed by atoms with Gasteiger partial charge in [0.15, 0.2) is 17.5 Å². The number of rotatable bonds is 4. The number of hydrogen-bond acceptors (Lipinski definition) is 4. The molecule has 0 atom stereocenters. The standard InChI is InChI=1S/C11H12N2O3/c1-8(14)12-5-6-15-9-3-2-4-10-11(9)13-7-16-10/h2-4,7H,5-6H2,1H3,(H,12,14). The van der Waals surface area contributed by atoms with Gasteiger partial charge in [0.2, 0.25) is 5.91 Å². The highest BCUT2D eigenvalue weighted by atomic mass is 16.5. The Hall–Kier alpha value is -2.04. The van der Waals surface area contributed by atoms with Gasteiger partial charge in [-0.1, -0.05) is 6.07 Å². The summed E-state index contributed by atoms with van der Waals surface area (Å²) in [4.78, 5) is 14.7. The van der Waals surface area contributed by atoms with Gasteiger partial charge in [-0.05, 0) is 12.1 Å². The summed E-state index contributed by atoms with van der Waals surface area (Å²) in [5.41, 5.74) is 1.39. The minimum atomic E-state index is -0.0664. The Morgan fingerprint density at radius 1 is 1.56 bits per heavy atom. The number of hydrogen-bond donors (Lipinski definition) is 1. The van der Waals surface area contributed by atoms with Crippen molar-refractivity contribution in [1.29, 1.82) is 0 Å². The molecule has 16 heavy (non-hydrogen) atoms. The molecule has 1 aromatic heterocycles. The molecule has 0 aliphatic heterocycles. The lowest BCUT2D eigenvalue weighted by Crippen LogP contribution is -2.25. The fraction of sp³-hybridized carbons (Fsp3) is 0.273. The van der Waals surface area contributed by atoms with Gasteiger partial charge in [-0.2, -0.15) is 0 Å². The van der Waals surface area contributed by atoms with Crippen LogP contribution in [-0.2, 0) is 4.79 Å². The van der Waals surface area contributed by atoms with Gasteiger partial charge in [0, 0.05) is 6.92 Å². The van der Waals surface area contributed by atoms with E-state index in [0.717, 1.165) is 0 Å². The fourth-order valence-electron chi connectivity index (χ4n) is 1.36. The van der Waals surface area contributed by atoms with E-state index in [1.54, 1.807) is 0 Å². The summed E-state index contributed by atoms with van der Waals surface area (Å²) in [7, 11) is 0. The van der Waals surface area contributed by atoms with E-state index in [2.05, 4.69) is 10.3 Å². The number of benzene rings is 1. The van der Waals surface area contributed by atoms with Crippen LogP contribution in [0.1, 0.15) is 6.92 Å². The second kappa shape index (κ2) is 4.65. The van der Waals surface area contributed by atoms with Crippen molar-refractivity contribution in [3.05, 3.63) is 24.6 Å². The van der Waals surface area contributed by atoms with Crippen LogP contribution in [0.15, 0.2) is 29.0 Å². The lowest BCUT2D eigenvalue weighted by Gasteiger charge is -2.06. The second-order valence-electron chi connectivity index (χ2n) is 3.29. The van der Waals surface area contributed by atoms with Crippen LogP contribution in [0.5, 0.6) is 5.75 Å². The topological polar surface area (TPSA) is 64.4 Å². The van der Waals surface area contributed by atoms with E-state index in [1.165, 1.54) is 13.3 Å². The summed E-state index contributed by atoms with van der Waals surface area (Å²) < 4.78 is 10.6. The van der Waals surface area contributed by atoms with Crippen LogP contribution in [0.3, 0.4) is 0 Å². The number of amides is 1. The summed E-state index contributed by atoms with van der Waals surface area (Å²) in [6.45, 7) is 2.35. The highest BCUT2D eigenvalue weighted by Gasteiger charge is 2.05. The summed E-state index contributed by atoms with van der Waals surface area (Å²) >= 11 is 0. The summed E-state index contributed by atoms with van der Waals surface area (Å²) in [5, 5.41) is 2.65. The molecule has 0 saturated heterocycles. The fourth-order valence-corrected chi connectivity index (χ4v) is 1.36. The molecule has 0 aliphatic carbocycles. The van der Waals surface area contributed by atoms with Gasteiger partial charge in [0.25, 0.3) is 0 Å². The molecule has 0 spiro atoms. The molecule has 2 aromatic rings. The van der Waals surface area contributed by atoms with Crippen LogP contribution in [0.4, 0.5) is 0 Å². The number of nitrogens with zero attached hydrogens (tertiary/aromatic N) is 1. The molecule has 5 heteroatoms. The average Bonchev–Trinajstić information content (AvgIpc) is 2.72. The molecule has 0 bridgehead atoms. The highest BCUT2D eigenvalue weighted by molar-refractivity contribution is 5.79. The zero-order chi connectivity index (χ0) is 11.4. The van der Waals surface area contributed by atoms with Crippen molar-refractivity contribution in [3.8, 4) is 5.75 Å². The molecule has 0 fully saturated rings. The third kappa shape index (κ3) is 2.31. The van der Waals surface area contributed by atoms with Gasteiger partial charge >= 0.3 is 0 Å². The molecule has 2 rings (SSSR count). The van der Waals surface area contributed by atoms with Crippen molar-refractivity contribution >= 4 is 17.0 Å². The monoisotopic (exact) mass is 220 g/mol. The van der Waals surface area contributed by atoms with Gasteiger partial charge < -0.3 is 14.5 Å². The Labute approximate surface area is 92.4 Å². The van der Waals surface area contributed by atoms with E-state index >= 15 is 0 Å². The molecule has 5 nitrogen and oxygen atoms in total. The zero-order valence-electron chi connectivity index (χ0n) is 8.90. The number of carbonyl (C=O) groups excluding carboxylic acids is 1. The van der Waals surface area contributed by atoms with Gasteiger partial charge in [0.1, 0.15) is 12.4 Å². The lowest BCUT2D eigenvalue weighted by molar-refractivity contribution is -0.119. The van der Waals surface area contributed by atoms with Crippen LogP contribution in [-0.4, -0.2) is 24.0 Å².